The zero-order valence-electron chi connectivity index (χ0n) is 8.97. The maximum atomic E-state index is 11.2. The van der Waals surface area contributed by atoms with E-state index in [4.69, 9.17) is 4.55 Å². The van der Waals surface area contributed by atoms with Crippen molar-refractivity contribution in [1.29, 1.82) is 0 Å². The van der Waals surface area contributed by atoms with Crippen molar-refractivity contribution in [1.82, 2.24) is 5.32 Å². The summed E-state index contributed by atoms with van der Waals surface area (Å²) in [6.45, 7) is 0.586. The topological polar surface area (TPSA) is 66.4 Å². The zero-order valence-corrected chi connectivity index (χ0v) is 9.79. The van der Waals surface area contributed by atoms with Gasteiger partial charge in [0.2, 0.25) is 0 Å². The molecule has 0 radical (unpaired) electrons. The second-order valence-electron chi connectivity index (χ2n) is 4.19. The summed E-state index contributed by atoms with van der Waals surface area (Å²) in [4.78, 5) is 0.0702. The van der Waals surface area contributed by atoms with Crippen LogP contribution >= 0.6 is 0 Å². The molecule has 0 bridgehead atoms. The van der Waals surface area contributed by atoms with Crippen molar-refractivity contribution in [2.75, 3.05) is 6.54 Å². The molecule has 0 fully saturated rings. The first-order valence-corrected chi connectivity index (χ1v) is 6.72. The molecule has 0 amide bonds. The smallest absolute Gasteiger partial charge is 0.290 e. The monoisotopic (exact) mass is 249 g/mol. The Hall–Kier alpha value is -1.59. The molecule has 17 heavy (non-hydrogen) atoms. The van der Waals surface area contributed by atoms with Gasteiger partial charge in [0.1, 0.15) is 0 Å². The Balaban J connectivity index is 2.37. The average molecular weight is 249 g/mol. The van der Waals surface area contributed by atoms with E-state index < -0.39 is 10.1 Å². The first-order chi connectivity index (χ1) is 8.05. The molecule has 0 atom stereocenters. The van der Waals surface area contributed by atoms with Crippen molar-refractivity contribution < 1.29 is 13.0 Å². The third-order valence-corrected chi connectivity index (χ3v) is 4.01. The summed E-state index contributed by atoms with van der Waals surface area (Å²) in [5.74, 6) is 0. The largest absolute Gasteiger partial charge is 0.386 e. The number of nitrogens with one attached hydrogen (secondary N) is 1. The Kier molecular flexibility index (Phi) is 2.14. The van der Waals surface area contributed by atoms with Crippen LogP contribution in [0.4, 0.5) is 0 Å². The van der Waals surface area contributed by atoms with Crippen LogP contribution in [0.1, 0.15) is 5.56 Å². The number of rotatable bonds is 1. The molecule has 88 valence electrons. The highest BCUT2D eigenvalue weighted by Crippen LogP contribution is 2.18. The quantitative estimate of drug-likeness (QED) is 0.659. The van der Waals surface area contributed by atoms with Gasteiger partial charge in [0.05, 0.1) is 4.91 Å². The summed E-state index contributed by atoms with van der Waals surface area (Å²) in [5.41, 5.74) is 1.86. The van der Waals surface area contributed by atoms with Gasteiger partial charge in [0.15, 0.2) is 0 Å². The zero-order chi connectivity index (χ0) is 12.0. The van der Waals surface area contributed by atoms with E-state index >= 15 is 0 Å². The highest BCUT2D eigenvalue weighted by molar-refractivity contribution is 7.89. The Morgan fingerprint density at radius 2 is 2.12 bits per heavy atom. The Morgan fingerprint density at radius 3 is 2.88 bits per heavy atom. The van der Waals surface area contributed by atoms with Crippen LogP contribution in [0, 0.1) is 0 Å². The standard InChI is InChI=1S/C12H11NO3S/c14-17(15,16)11-4-8-2-1-3-9-6-13-7-10(5-11)12(8)9/h1-3,5-6,13H,4,7H2,(H,14,15,16). The highest BCUT2D eigenvalue weighted by atomic mass is 32.2. The van der Waals surface area contributed by atoms with Crippen LogP contribution in [0.5, 0.6) is 0 Å². The molecule has 3 rings (SSSR count). The summed E-state index contributed by atoms with van der Waals surface area (Å²) in [5, 5.41) is 5.25. The summed E-state index contributed by atoms with van der Waals surface area (Å²) in [6.07, 6.45) is 3.76. The Labute approximate surface area is 98.7 Å². The van der Waals surface area contributed by atoms with Crippen LogP contribution in [0.3, 0.4) is 0 Å². The average Bonchev–Trinajstić information content (AvgIpc) is 2.28. The van der Waals surface area contributed by atoms with E-state index in [-0.39, 0.29) is 11.3 Å². The second-order valence-corrected chi connectivity index (χ2v) is 5.67. The molecule has 0 saturated heterocycles. The molecule has 1 aromatic rings. The summed E-state index contributed by atoms with van der Waals surface area (Å²) >= 11 is 0. The summed E-state index contributed by atoms with van der Waals surface area (Å²) in [6, 6.07) is 5.77. The van der Waals surface area contributed by atoms with Gasteiger partial charge >= 0.3 is 0 Å². The summed E-state index contributed by atoms with van der Waals surface area (Å²) < 4.78 is 31.5. The van der Waals surface area contributed by atoms with Gasteiger partial charge in [0.25, 0.3) is 10.1 Å². The van der Waals surface area contributed by atoms with Crippen LogP contribution in [0.15, 0.2) is 29.2 Å². The molecule has 1 aliphatic carbocycles. The molecule has 2 N–H and O–H groups in total. The van der Waals surface area contributed by atoms with Crippen LogP contribution in [-0.2, 0) is 16.5 Å². The minimum absolute atomic E-state index is 0.0702. The van der Waals surface area contributed by atoms with E-state index in [1.165, 1.54) is 0 Å². The van der Waals surface area contributed by atoms with Crippen molar-refractivity contribution in [2.24, 2.45) is 0 Å². The number of allylic oxidation sites excluding steroid dienone is 1. The van der Waals surface area contributed by atoms with Gasteiger partial charge < -0.3 is 5.32 Å². The molecule has 5 heteroatoms. The SMILES string of the molecule is O=S(=O)(O)C1=CC2=c3c(cccc3=CNC2)C1. The third-order valence-electron chi connectivity index (χ3n) is 3.09. The van der Waals surface area contributed by atoms with Crippen LogP contribution in [-0.4, -0.2) is 19.5 Å². The van der Waals surface area contributed by atoms with E-state index in [0.717, 1.165) is 21.6 Å². The second kappa shape index (κ2) is 3.45. The van der Waals surface area contributed by atoms with Crippen molar-refractivity contribution in [3.05, 3.63) is 45.2 Å². The molecule has 1 aliphatic heterocycles. The molecular weight excluding hydrogens is 238 g/mol. The molecular formula is C12H11NO3S. The maximum Gasteiger partial charge on any atom is 0.290 e. The predicted octanol–water partition coefficient (Wildman–Crippen LogP) is -0.494. The molecule has 2 aliphatic rings. The fraction of sp³-hybridized carbons (Fsp3) is 0.167. The first-order valence-electron chi connectivity index (χ1n) is 5.28. The van der Waals surface area contributed by atoms with Gasteiger partial charge in [0, 0.05) is 19.2 Å². The van der Waals surface area contributed by atoms with Gasteiger partial charge in [-0.15, -0.1) is 0 Å². The van der Waals surface area contributed by atoms with Gasteiger partial charge in [-0.25, -0.2) is 0 Å². The predicted molar refractivity (Wildman–Crippen MR) is 64.9 cm³/mol. The lowest BCUT2D eigenvalue weighted by Crippen LogP contribution is -2.40. The Morgan fingerprint density at radius 1 is 1.29 bits per heavy atom. The molecule has 4 nitrogen and oxygen atoms in total. The van der Waals surface area contributed by atoms with Crippen molar-refractivity contribution >= 4 is 21.9 Å². The molecule has 0 aromatic heterocycles. The van der Waals surface area contributed by atoms with Gasteiger partial charge in [-0.2, -0.15) is 8.42 Å². The van der Waals surface area contributed by atoms with Gasteiger partial charge in [-0.1, -0.05) is 18.2 Å². The van der Waals surface area contributed by atoms with Crippen LogP contribution in [0.25, 0.3) is 11.8 Å². The maximum absolute atomic E-state index is 11.2. The van der Waals surface area contributed by atoms with E-state index in [2.05, 4.69) is 5.32 Å². The fourth-order valence-corrected chi connectivity index (χ4v) is 2.99. The van der Waals surface area contributed by atoms with Crippen LogP contribution in [0.2, 0.25) is 0 Å². The molecule has 1 heterocycles. The third kappa shape index (κ3) is 1.67. The lowest BCUT2D eigenvalue weighted by molar-refractivity contribution is 0.489. The van der Waals surface area contributed by atoms with Crippen molar-refractivity contribution in [2.45, 2.75) is 6.42 Å². The Bertz CT molecular complexity index is 744. The van der Waals surface area contributed by atoms with Crippen LogP contribution < -0.4 is 15.8 Å². The van der Waals surface area contributed by atoms with E-state index in [0.29, 0.717) is 6.54 Å². The molecule has 0 saturated carbocycles. The van der Waals surface area contributed by atoms with Crippen molar-refractivity contribution in [3.8, 4) is 0 Å². The fourth-order valence-electron chi connectivity index (χ4n) is 2.36. The molecule has 0 unspecified atom stereocenters. The normalized spacial score (nSPS) is 17.7. The van der Waals surface area contributed by atoms with Gasteiger partial charge in [-0.3, -0.25) is 4.55 Å². The van der Waals surface area contributed by atoms with E-state index in [9.17, 15) is 8.42 Å². The van der Waals surface area contributed by atoms with Gasteiger partial charge in [-0.05, 0) is 27.6 Å². The first kappa shape index (κ1) is 10.6. The van der Waals surface area contributed by atoms with E-state index in [1.54, 1.807) is 6.08 Å². The minimum atomic E-state index is -4.10. The number of hydrogen-bond acceptors (Lipinski definition) is 3. The van der Waals surface area contributed by atoms with Crippen molar-refractivity contribution in [3.63, 3.8) is 0 Å². The minimum Gasteiger partial charge on any atom is -0.386 e. The molecule has 0 spiro atoms. The lowest BCUT2D eigenvalue weighted by Gasteiger charge is -2.18. The molecule has 1 aromatic carbocycles. The number of benzene rings is 1. The van der Waals surface area contributed by atoms with E-state index in [1.807, 2.05) is 24.4 Å². The highest BCUT2D eigenvalue weighted by Gasteiger charge is 2.21. The lowest BCUT2D eigenvalue weighted by atomic mass is 9.96. The number of hydrogen-bond donors (Lipinski definition) is 2. The summed E-state index contributed by atoms with van der Waals surface area (Å²) in [7, 11) is -4.10.